The van der Waals surface area contributed by atoms with Gasteiger partial charge in [0, 0.05) is 27.8 Å². The second-order valence-corrected chi connectivity index (χ2v) is 13.9. The number of fused-ring (bicyclic) bond motifs is 6. The maximum atomic E-state index is 2.49. The van der Waals surface area contributed by atoms with Crippen molar-refractivity contribution in [2.45, 2.75) is 31.6 Å². The Morgan fingerprint density at radius 1 is 0.396 bits per heavy atom. The third kappa shape index (κ3) is 4.10. The summed E-state index contributed by atoms with van der Waals surface area (Å²) in [6, 6.07) is 62.6. The molecule has 0 fully saturated rings. The van der Waals surface area contributed by atoms with E-state index in [1.807, 2.05) is 0 Å². The fraction of sp³-hybridized carbons (Fsp3) is 0.106. The van der Waals surface area contributed by atoms with Gasteiger partial charge in [0.1, 0.15) is 0 Å². The van der Waals surface area contributed by atoms with Gasteiger partial charge in [-0.15, -0.1) is 0 Å². The molecule has 2 aliphatic carbocycles. The molecule has 1 atom stereocenters. The second-order valence-electron chi connectivity index (χ2n) is 13.9. The van der Waals surface area contributed by atoms with Crippen LogP contribution in [0.5, 0.6) is 0 Å². The molecule has 1 heteroatoms. The molecule has 230 valence electrons. The summed E-state index contributed by atoms with van der Waals surface area (Å²) in [5, 5.41) is 0. The molecule has 9 rings (SSSR count). The fourth-order valence-corrected chi connectivity index (χ4v) is 8.48. The van der Waals surface area contributed by atoms with Crippen molar-refractivity contribution in [3.63, 3.8) is 0 Å². The molecule has 1 nitrogen and oxygen atoms in total. The van der Waals surface area contributed by atoms with Crippen LogP contribution in [0.2, 0.25) is 0 Å². The van der Waals surface area contributed by atoms with Crippen LogP contribution < -0.4 is 4.90 Å². The predicted molar refractivity (Wildman–Crippen MR) is 202 cm³/mol. The Bertz CT molecular complexity index is 2310. The van der Waals surface area contributed by atoms with Crippen molar-refractivity contribution in [3.05, 3.63) is 198 Å². The van der Waals surface area contributed by atoms with Crippen LogP contribution in [0, 0.1) is 0 Å². The summed E-state index contributed by atoms with van der Waals surface area (Å²) in [6.07, 6.45) is 0. The summed E-state index contributed by atoms with van der Waals surface area (Å²) in [6.45, 7) is 7.12. The average Bonchev–Trinajstić information content (AvgIpc) is 3.54. The number of hydrogen-bond acceptors (Lipinski definition) is 1. The van der Waals surface area contributed by atoms with Crippen LogP contribution in [0.25, 0.3) is 33.4 Å². The summed E-state index contributed by atoms with van der Waals surface area (Å²) in [5.74, 6) is 0. The molecule has 0 aliphatic heterocycles. The van der Waals surface area contributed by atoms with E-state index >= 15 is 0 Å². The van der Waals surface area contributed by atoms with E-state index in [0.29, 0.717) is 0 Å². The Morgan fingerprint density at radius 2 is 0.958 bits per heavy atom. The highest BCUT2D eigenvalue weighted by molar-refractivity contribution is 5.96. The second kappa shape index (κ2) is 10.7. The first-order chi connectivity index (χ1) is 23.5. The first kappa shape index (κ1) is 28.6. The quantitative estimate of drug-likeness (QED) is 0.186. The number of anilines is 3. The third-order valence-electron chi connectivity index (χ3n) is 11.0. The summed E-state index contributed by atoms with van der Waals surface area (Å²) in [7, 11) is 0. The van der Waals surface area contributed by atoms with Crippen LogP contribution in [0.1, 0.15) is 48.6 Å². The van der Waals surface area contributed by atoms with Gasteiger partial charge in [-0.25, -0.2) is 0 Å². The van der Waals surface area contributed by atoms with Gasteiger partial charge in [0.25, 0.3) is 0 Å². The van der Waals surface area contributed by atoms with Gasteiger partial charge >= 0.3 is 0 Å². The van der Waals surface area contributed by atoms with Gasteiger partial charge in [-0.2, -0.15) is 0 Å². The van der Waals surface area contributed by atoms with Crippen LogP contribution in [0.15, 0.2) is 170 Å². The minimum absolute atomic E-state index is 0.0871. The Hall–Kier alpha value is -5.66. The zero-order chi connectivity index (χ0) is 32.5. The van der Waals surface area contributed by atoms with Crippen LogP contribution in [-0.4, -0.2) is 0 Å². The molecule has 0 saturated heterocycles. The maximum absolute atomic E-state index is 2.49. The van der Waals surface area contributed by atoms with Gasteiger partial charge in [-0.05, 0) is 92.9 Å². The fourth-order valence-electron chi connectivity index (χ4n) is 8.48. The molecule has 0 spiro atoms. The first-order valence-electron chi connectivity index (χ1n) is 17.0. The van der Waals surface area contributed by atoms with E-state index in [1.54, 1.807) is 0 Å². The Labute approximate surface area is 283 Å². The molecule has 1 unspecified atom stereocenters. The molecule has 0 radical (unpaired) electrons. The number of benzene rings is 7. The highest BCUT2D eigenvalue weighted by Gasteiger charge is 2.42. The molecule has 7 aromatic rings. The summed E-state index contributed by atoms with van der Waals surface area (Å²) in [4.78, 5) is 2.49. The van der Waals surface area contributed by atoms with Crippen molar-refractivity contribution >= 4 is 17.1 Å². The van der Waals surface area contributed by atoms with E-state index in [4.69, 9.17) is 0 Å². The van der Waals surface area contributed by atoms with Gasteiger partial charge in [0.05, 0.1) is 5.69 Å². The van der Waals surface area contributed by atoms with E-state index in [0.717, 1.165) is 11.4 Å². The molecule has 2 aliphatic rings. The van der Waals surface area contributed by atoms with Gasteiger partial charge < -0.3 is 4.90 Å². The monoisotopic (exact) mass is 615 g/mol. The van der Waals surface area contributed by atoms with E-state index in [9.17, 15) is 0 Å². The van der Waals surface area contributed by atoms with Crippen molar-refractivity contribution in [3.8, 4) is 33.4 Å². The van der Waals surface area contributed by atoms with Crippen LogP contribution >= 0.6 is 0 Å². The van der Waals surface area contributed by atoms with Crippen LogP contribution in [0.4, 0.5) is 17.1 Å². The smallest absolute Gasteiger partial charge is 0.0543 e. The third-order valence-corrected chi connectivity index (χ3v) is 11.0. The summed E-state index contributed by atoms with van der Waals surface area (Å²) < 4.78 is 0. The van der Waals surface area contributed by atoms with Crippen LogP contribution in [0.3, 0.4) is 0 Å². The lowest BCUT2D eigenvalue weighted by atomic mass is 9.74. The van der Waals surface area contributed by atoms with Crippen LogP contribution in [-0.2, 0) is 10.8 Å². The molecule has 0 N–H and O–H groups in total. The molecular formula is C47H37N. The normalized spacial score (nSPS) is 16.5. The number of nitrogens with zero attached hydrogens (tertiary/aromatic N) is 1. The molecule has 0 bridgehead atoms. The Morgan fingerprint density at radius 3 is 1.71 bits per heavy atom. The number of hydrogen-bond donors (Lipinski definition) is 0. The van der Waals surface area contributed by atoms with Crippen molar-refractivity contribution < 1.29 is 0 Å². The van der Waals surface area contributed by atoms with E-state index in [-0.39, 0.29) is 10.8 Å². The highest BCUT2D eigenvalue weighted by Crippen LogP contribution is 2.56. The molecular weight excluding hydrogens is 579 g/mol. The number of rotatable bonds is 5. The summed E-state index contributed by atoms with van der Waals surface area (Å²) in [5.41, 5.74) is 17.6. The van der Waals surface area contributed by atoms with Gasteiger partial charge in [-0.3, -0.25) is 0 Å². The van der Waals surface area contributed by atoms with Crippen molar-refractivity contribution in [1.29, 1.82) is 0 Å². The molecule has 7 aromatic carbocycles. The molecule has 0 heterocycles. The molecule has 48 heavy (non-hydrogen) atoms. The van der Waals surface area contributed by atoms with Gasteiger partial charge in [-0.1, -0.05) is 153 Å². The lowest BCUT2D eigenvalue weighted by molar-refractivity contribution is 0.660. The molecule has 0 amide bonds. The predicted octanol–water partition coefficient (Wildman–Crippen LogP) is 12.5. The standard InChI is InChI=1S/C47H37N/c1-46(2)40-21-12-11-20-39(40)45-42(46)23-14-24-44(45)48(35-27-25-33(26-28-35)32-15-6-4-7-16-32)36-29-30-38-37-19-10-13-22-41(37)47(3,43(38)31-36)34-17-8-5-9-18-34/h4-31H,1-3H3. The van der Waals surface area contributed by atoms with E-state index in [1.165, 1.54) is 66.9 Å². The lowest BCUT2D eigenvalue weighted by Crippen LogP contribution is -2.23. The minimum Gasteiger partial charge on any atom is -0.310 e. The first-order valence-corrected chi connectivity index (χ1v) is 17.0. The van der Waals surface area contributed by atoms with Crippen molar-refractivity contribution in [1.82, 2.24) is 0 Å². The largest absolute Gasteiger partial charge is 0.310 e. The van der Waals surface area contributed by atoms with Crippen molar-refractivity contribution in [2.24, 2.45) is 0 Å². The van der Waals surface area contributed by atoms with E-state index in [2.05, 4.69) is 196 Å². The van der Waals surface area contributed by atoms with Gasteiger partial charge in [0.2, 0.25) is 0 Å². The Balaban J connectivity index is 1.29. The zero-order valence-electron chi connectivity index (χ0n) is 27.6. The average molecular weight is 616 g/mol. The molecule has 0 saturated carbocycles. The van der Waals surface area contributed by atoms with Gasteiger partial charge in [0.15, 0.2) is 0 Å². The Kier molecular flexibility index (Phi) is 6.36. The highest BCUT2D eigenvalue weighted by atomic mass is 15.1. The zero-order valence-corrected chi connectivity index (χ0v) is 27.6. The SMILES string of the molecule is CC1(C)c2ccccc2-c2c(N(c3ccc(-c4ccccc4)cc3)c3ccc4c(c3)C(C)(c3ccccc3)c3ccccc3-4)cccc21. The van der Waals surface area contributed by atoms with Crippen molar-refractivity contribution in [2.75, 3.05) is 4.90 Å². The van der Waals surface area contributed by atoms with E-state index < -0.39 is 0 Å². The summed E-state index contributed by atoms with van der Waals surface area (Å²) >= 11 is 0. The lowest BCUT2D eigenvalue weighted by Gasteiger charge is -2.32. The molecule has 0 aromatic heterocycles. The topological polar surface area (TPSA) is 3.24 Å². The maximum Gasteiger partial charge on any atom is 0.0543 e. The minimum atomic E-state index is -0.279.